The summed E-state index contributed by atoms with van der Waals surface area (Å²) in [5.74, 6) is -0.0114. The lowest BCUT2D eigenvalue weighted by Gasteiger charge is -2.13. The first-order valence-electron chi connectivity index (χ1n) is 6.62. The van der Waals surface area contributed by atoms with E-state index in [1.54, 1.807) is 13.8 Å². The zero-order valence-electron chi connectivity index (χ0n) is 11.7. The minimum Gasteiger partial charge on any atom is -0.486 e. The predicted molar refractivity (Wildman–Crippen MR) is 76.1 cm³/mol. The van der Waals surface area contributed by atoms with Gasteiger partial charge in [-0.25, -0.2) is 0 Å². The van der Waals surface area contributed by atoms with Crippen LogP contribution in [0.15, 0.2) is 0 Å². The maximum Gasteiger partial charge on any atom is 0.405 e. The number of hydrogen-bond acceptors (Lipinski definition) is 5. The second-order valence-corrected chi connectivity index (χ2v) is 6.30. The second-order valence-electron chi connectivity index (χ2n) is 5.28. The Hall–Kier alpha value is -1.44. The number of anilines is 2. The molecule has 0 bridgehead atoms. The molecule has 1 heterocycles. The molecule has 4 nitrogen and oxygen atoms in total. The summed E-state index contributed by atoms with van der Waals surface area (Å²) in [7, 11) is 0. The minimum atomic E-state index is -4.35. The van der Waals surface area contributed by atoms with Gasteiger partial charge in [0.25, 0.3) is 0 Å². The number of halogens is 3. The normalized spacial score (nSPS) is 15.3. The number of rotatable bonds is 6. The zero-order chi connectivity index (χ0) is 15.8. The average molecular weight is 322 g/mol. The van der Waals surface area contributed by atoms with Crippen molar-refractivity contribution in [1.82, 2.24) is 0 Å². The number of carbonyl (C=O) groups is 1. The number of alkyl halides is 3. The van der Waals surface area contributed by atoms with Crippen molar-refractivity contribution < 1.29 is 22.7 Å². The van der Waals surface area contributed by atoms with E-state index in [1.807, 2.05) is 0 Å². The number of nitrogen functional groups attached to an aromatic ring is 1. The number of ketones is 1. The lowest BCUT2D eigenvalue weighted by Crippen LogP contribution is -2.21. The monoisotopic (exact) mass is 322 g/mol. The molecule has 0 unspecified atom stereocenters. The fourth-order valence-electron chi connectivity index (χ4n) is 1.79. The summed E-state index contributed by atoms with van der Waals surface area (Å²) in [4.78, 5) is 12.4. The lowest BCUT2D eigenvalue weighted by atomic mass is 10.2. The number of hydrogen-bond donors (Lipinski definition) is 2. The molecule has 1 aliphatic carbocycles. The van der Waals surface area contributed by atoms with Gasteiger partial charge in [0.2, 0.25) is 0 Å². The van der Waals surface area contributed by atoms with E-state index in [4.69, 9.17) is 10.5 Å². The largest absolute Gasteiger partial charge is 0.486 e. The molecule has 8 heteroatoms. The smallest absolute Gasteiger partial charge is 0.405 e. The van der Waals surface area contributed by atoms with Crippen LogP contribution in [0.3, 0.4) is 0 Å². The summed E-state index contributed by atoms with van der Waals surface area (Å²) in [6.07, 6.45) is -2.99. The van der Waals surface area contributed by atoms with Gasteiger partial charge >= 0.3 is 6.18 Å². The van der Waals surface area contributed by atoms with Gasteiger partial charge in [-0.3, -0.25) is 4.79 Å². The molecule has 1 aliphatic rings. The number of Topliss-reactive ketones (excluding diaryl/α,β-unsaturated/α-hetero) is 1. The van der Waals surface area contributed by atoms with E-state index in [2.05, 4.69) is 5.32 Å². The van der Waals surface area contributed by atoms with E-state index >= 15 is 0 Å². The number of ether oxygens (including phenoxy) is 1. The van der Waals surface area contributed by atoms with Crippen LogP contribution in [0.1, 0.15) is 36.4 Å². The number of thiophene rings is 1. The molecular formula is C13H17F3N2O2S. The van der Waals surface area contributed by atoms with Gasteiger partial charge in [0.15, 0.2) is 11.5 Å². The summed E-state index contributed by atoms with van der Waals surface area (Å²) >= 11 is 0.935. The van der Waals surface area contributed by atoms with Gasteiger partial charge in [-0.15, -0.1) is 11.3 Å². The van der Waals surface area contributed by atoms with Gasteiger partial charge in [0, 0.05) is 5.92 Å². The van der Waals surface area contributed by atoms with Crippen molar-refractivity contribution in [3.8, 4) is 5.75 Å². The zero-order valence-corrected chi connectivity index (χ0v) is 12.5. The van der Waals surface area contributed by atoms with Gasteiger partial charge in [0.1, 0.15) is 11.5 Å². The molecule has 2 rings (SSSR count). The minimum absolute atomic E-state index is 0.0479. The third-order valence-corrected chi connectivity index (χ3v) is 4.03. The topological polar surface area (TPSA) is 64.3 Å². The fraction of sp³-hybridized carbons (Fsp3) is 0.615. The lowest BCUT2D eigenvalue weighted by molar-refractivity contribution is -0.115. The van der Waals surface area contributed by atoms with Gasteiger partial charge in [0.05, 0.1) is 16.7 Å². The summed E-state index contributed by atoms with van der Waals surface area (Å²) in [6.45, 7) is 2.29. The van der Waals surface area contributed by atoms with E-state index < -0.39 is 12.7 Å². The predicted octanol–water partition coefficient (Wildman–Crippen LogP) is 3.68. The highest BCUT2D eigenvalue weighted by Gasteiger charge is 2.35. The van der Waals surface area contributed by atoms with Crippen molar-refractivity contribution in [2.24, 2.45) is 5.92 Å². The van der Waals surface area contributed by atoms with E-state index in [0.29, 0.717) is 0 Å². The molecule has 0 aliphatic heterocycles. The van der Waals surface area contributed by atoms with Crippen molar-refractivity contribution in [3.63, 3.8) is 0 Å². The van der Waals surface area contributed by atoms with Crippen LogP contribution in [-0.4, -0.2) is 24.6 Å². The van der Waals surface area contributed by atoms with Crippen LogP contribution in [-0.2, 0) is 0 Å². The number of nitrogens with two attached hydrogens (primary N) is 1. The number of carbonyl (C=O) groups excluding carboxylic acids is 1. The van der Waals surface area contributed by atoms with Crippen LogP contribution in [0.5, 0.6) is 5.75 Å². The highest BCUT2D eigenvalue weighted by Crippen LogP contribution is 2.46. The Morgan fingerprint density at radius 1 is 1.48 bits per heavy atom. The van der Waals surface area contributed by atoms with Gasteiger partial charge in [-0.2, -0.15) is 13.2 Å². The molecule has 1 aromatic heterocycles. The summed E-state index contributed by atoms with van der Waals surface area (Å²) in [6, 6.07) is 0. The van der Waals surface area contributed by atoms with Crippen molar-refractivity contribution in [3.05, 3.63) is 4.88 Å². The molecule has 0 saturated heterocycles. The highest BCUT2D eigenvalue weighted by atomic mass is 32.1. The third kappa shape index (κ3) is 4.03. The Morgan fingerprint density at radius 3 is 2.57 bits per heavy atom. The standard InChI is InChI=1S/C13H17F3N2O2S/c1-6(2)20-10-8(17)11(9(19)7-3-4-7)21-12(10)18-5-13(14,15)16/h6-7,18H,3-5,17H2,1-2H3. The average Bonchev–Trinajstić information content (AvgIpc) is 3.14. The van der Waals surface area contributed by atoms with E-state index in [9.17, 15) is 18.0 Å². The maximum absolute atomic E-state index is 12.3. The second kappa shape index (κ2) is 5.75. The first-order valence-corrected chi connectivity index (χ1v) is 7.44. The molecule has 3 N–H and O–H groups in total. The van der Waals surface area contributed by atoms with Gasteiger partial charge in [-0.1, -0.05) is 0 Å². The van der Waals surface area contributed by atoms with Crippen molar-refractivity contribution >= 4 is 27.8 Å². The Labute approximate surface area is 124 Å². The molecule has 118 valence electrons. The first kappa shape index (κ1) is 15.9. The molecule has 1 aromatic rings. The van der Waals surface area contributed by atoms with Crippen LogP contribution >= 0.6 is 11.3 Å². The Bertz CT molecular complexity index is 536. The first-order chi connectivity index (χ1) is 9.69. The Morgan fingerprint density at radius 2 is 2.10 bits per heavy atom. The highest BCUT2D eigenvalue weighted by molar-refractivity contribution is 7.19. The van der Waals surface area contributed by atoms with Crippen LogP contribution in [0.25, 0.3) is 0 Å². The van der Waals surface area contributed by atoms with Crippen molar-refractivity contribution in [1.29, 1.82) is 0 Å². The van der Waals surface area contributed by atoms with Gasteiger partial charge in [-0.05, 0) is 26.7 Å². The van der Waals surface area contributed by atoms with E-state index in [-0.39, 0.29) is 39.1 Å². The summed E-state index contributed by atoms with van der Waals surface area (Å²) < 4.78 is 42.5. The van der Waals surface area contributed by atoms with Crippen LogP contribution < -0.4 is 15.8 Å². The molecule has 0 radical (unpaired) electrons. The van der Waals surface area contributed by atoms with Crippen molar-refractivity contribution in [2.75, 3.05) is 17.6 Å². The van der Waals surface area contributed by atoms with Crippen molar-refractivity contribution in [2.45, 2.75) is 39.0 Å². The van der Waals surface area contributed by atoms with E-state index in [0.717, 1.165) is 24.2 Å². The van der Waals surface area contributed by atoms with Crippen LogP contribution in [0, 0.1) is 5.92 Å². The SMILES string of the molecule is CC(C)Oc1c(NCC(F)(F)F)sc(C(=O)C2CC2)c1N. The maximum atomic E-state index is 12.3. The summed E-state index contributed by atoms with van der Waals surface area (Å²) in [5, 5.41) is 2.43. The molecule has 1 saturated carbocycles. The Balaban J connectivity index is 2.27. The third-order valence-electron chi connectivity index (χ3n) is 2.87. The molecule has 0 atom stereocenters. The van der Waals surface area contributed by atoms with Crippen LogP contribution in [0.2, 0.25) is 0 Å². The Kier molecular flexibility index (Phi) is 4.36. The molecule has 0 aromatic carbocycles. The molecule has 21 heavy (non-hydrogen) atoms. The van der Waals surface area contributed by atoms with Gasteiger partial charge < -0.3 is 15.8 Å². The fourth-order valence-corrected chi connectivity index (χ4v) is 2.86. The summed E-state index contributed by atoms with van der Waals surface area (Å²) in [5.41, 5.74) is 6.04. The van der Waals surface area contributed by atoms with Crippen LogP contribution in [0.4, 0.5) is 23.9 Å². The molecule has 0 spiro atoms. The molecular weight excluding hydrogens is 305 g/mol. The van der Waals surface area contributed by atoms with E-state index in [1.165, 1.54) is 0 Å². The molecule has 1 fully saturated rings. The molecule has 0 amide bonds. The quantitative estimate of drug-likeness (QED) is 0.784. The number of nitrogens with one attached hydrogen (secondary N) is 1.